The normalized spacial score (nSPS) is 23.3. The quantitative estimate of drug-likeness (QED) is 0.924. The smallest absolute Gasteiger partial charge is 0.112 e. The number of imidazole rings is 1. The van der Waals surface area contributed by atoms with Gasteiger partial charge in [-0.15, -0.1) is 0 Å². The van der Waals surface area contributed by atoms with Crippen molar-refractivity contribution >= 4 is 11.0 Å². The first kappa shape index (κ1) is 13.3. The minimum Gasteiger partial charge on any atom is -0.328 e. The lowest BCUT2D eigenvalue weighted by Crippen LogP contribution is -2.34. The lowest BCUT2D eigenvalue weighted by molar-refractivity contribution is 0.352. The zero-order valence-electron chi connectivity index (χ0n) is 12.7. The molecule has 3 nitrogen and oxygen atoms in total. The van der Waals surface area contributed by atoms with E-state index >= 15 is 0 Å². The Balaban J connectivity index is 1.59. The van der Waals surface area contributed by atoms with Crippen LogP contribution in [-0.2, 0) is 6.54 Å². The molecule has 1 saturated carbocycles. The first-order valence-electron chi connectivity index (χ1n) is 8.60. The Labute approximate surface area is 126 Å². The molecule has 1 aliphatic heterocycles. The van der Waals surface area contributed by atoms with E-state index < -0.39 is 0 Å². The van der Waals surface area contributed by atoms with E-state index in [2.05, 4.69) is 34.1 Å². The van der Waals surface area contributed by atoms with Crippen LogP contribution < -0.4 is 5.32 Å². The molecule has 21 heavy (non-hydrogen) atoms. The Kier molecular flexibility index (Phi) is 3.68. The van der Waals surface area contributed by atoms with Crippen molar-refractivity contribution in [3.8, 4) is 0 Å². The van der Waals surface area contributed by atoms with Crippen LogP contribution in [0.1, 0.15) is 56.7 Å². The summed E-state index contributed by atoms with van der Waals surface area (Å²) in [7, 11) is 0. The summed E-state index contributed by atoms with van der Waals surface area (Å²) in [5.74, 6) is 2.05. The van der Waals surface area contributed by atoms with E-state index in [9.17, 15) is 0 Å². The third-order valence-electron chi connectivity index (χ3n) is 5.27. The molecule has 4 rings (SSSR count). The van der Waals surface area contributed by atoms with Gasteiger partial charge in [-0.1, -0.05) is 25.0 Å². The zero-order chi connectivity index (χ0) is 14.1. The number of benzene rings is 1. The third kappa shape index (κ3) is 2.59. The third-order valence-corrected chi connectivity index (χ3v) is 5.27. The van der Waals surface area contributed by atoms with Crippen LogP contribution in [0.2, 0.25) is 0 Å². The fourth-order valence-corrected chi connectivity index (χ4v) is 3.76. The average Bonchev–Trinajstić information content (AvgIpc) is 2.82. The molecule has 112 valence electrons. The van der Waals surface area contributed by atoms with Crippen LogP contribution in [0.4, 0.5) is 0 Å². The fourth-order valence-electron chi connectivity index (χ4n) is 3.76. The first-order chi connectivity index (χ1) is 10.4. The number of aromatic nitrogens is 2. The molecule has 0 radical (unpaired) electrons. The molecule has 0 bridgehead atoms. The van der Waals surface area contributed by atoms with Crippen LogP contribution >= 0.6 is 0 Å². The lowest BCUT2D eigenvalue weighted by atomic mass is 9.85. The molecule has 2 fully saturated rings. The summed E-state index contributed by atoms with van der Waals surface area (Å²) in [5, 5.41) is 3.67. The summed E-state index contributed by atoms with van der Waals surface area (Å²) in [6.07, 6.45) is 9.33. The van der Waals surface area contributed by atoms with Gasteiger partial charge in [0.15, 0.2) is 0 Å². The fraction of sp³-hybridized carbons (Fsp3) is 0.611. The SMILES string of the molecule is c1ccc2c(c1)nc(C1CCC1)n2CCC1CCCCN1. The summed E-state index contributed by atoms with van der Waals surface area (Å²) >= 11 is 0. The van der Waals surface area contributed by atoms with Crippen molar-refractivity contribution in [1.29, 1.82) is 0 Å². The van der Waals surface area contributed by atoms with Crippen LogP contribution in [0.3, 0.4) is 0 Å². The van der Waals surface area contributed by atoms with Gasteiger partial charge in [0.25, 0.3) is 0 Å². The maximum Gasteiger partial charge on any atom is 0.112 e. The number of para-hydroxylation sites is 2. The molecule has 1 saturated heterocycles. The van der Waals surface area contributed by atoms with Crippen LogP contribution in [0.25, 0.3) is 11.0 Å². The number of piperidine rings is 1. The van der Waals surface area contributed by atoms with Crippen LogP contribution in [0, 0.1) is 0 Å². The lowest BCUT2D eigenvalue weighted by Gasteiger charge is -2.27. The molecular weight excluding hydrogens is 258 g/mol. The Morgan fingerprint density at radius 1 is 1.10 bits per heavy atom. The standard InChI is InChI=1S/C18H25N3/c1-2-10-17-16(9-1)20-18(14-6-5-7-14)21(17)13-11-15-8-3-4-12-19-15/h1-2,9-10,14-15,19H,3-8,11-13H2. The molecule has 1 unspecified atom stereocenters. The number of aryl methyl sites for hydroxylation is 1. The van der Waals surface area contributed by atoms with Gasteiger partial charge in [-0.3, -0.25) is 0 Å². The molecule has 1 aromatic heterocycles. The van der Waals surface area contributed by atoms with Gasteiger partial charge in [0.05, 0.1) is 11.0 Å². The highest BCUT2D eigenvalue weighted by molar-refractivity contribution is 5.76. The number of hydrogen-bond donors (Lipinski definition) is 1. The van der Waals surface area contributed by atoms with Crippen molar-refractivity contribution in [3.63, 3.8) is 0 Å². The molecule has 0 spiro atoms. The number of nitrogens with zero attached hydrogens (tertiary/aromatic N) is 2. The van der Waals surface area contributed by atoms with Gasteiger partial charge in [0.1, 0.15) is 5.82 Å². The summed E-state index contributed by atoms with van der Waals surface area (Å²) in [5.41, 5.74) is 2.51. The maximum atomic E-state index is 4.94. The molecule has 1 atom stereocenters. The Morgan fingerprint density at radius 3 is 2.76 bits per heavy atom. The maximum absolute atomic E-state index is 4.94. The van der Waals surface area contributed by atoms with E-state index in [1.165, 1.54) is 68.3 Å². The van der Waals surface area contributed by atoms with Crippen LogP contribution in [0.15, 0.2) is 24.3 Å². The number of rotatable bonds is 4. The van der Waals surface area contributed by atoms with Crippen LogP contribution in [-0.4, -0.2) is 22.1 Å². The highest BCUT2D eigenvalue weighted by Crippen LogP contribution is 2.37. The molecule has 2 heterocycles. The Bertz CT molecular complexity index is 606. The largest absolute Gasteiger partial charge is 0.328 e. The summed E-state index contributed by atoms with van der Waals surface area (Å²) in [4.78, 5) is 4.94. The van der Waals surface area contributed by atoms with Gasteiger partial charge in [-0.05, 0) is 50.8 Å². The van der Waals surface area contributed by atoms with Crippen molar-refractivity contribution in [2.45, 2.75) is 63.5 Å². The minimum atomic E-state index is 0.703. The second-order valence-electron chi connectivity index (χ2n) is 6.67. The van der Waals surface area contributed by atoms with Crippen molar-refractivity contribution < 1.29 is 0 Å². The highest BCUT2D eigenvalue weighted by Gasteiger charge is 2.26. The summed E-state index contributed by atoms with van der Waals surface area (Å²) < 4.78 is 2.51. The van der Waals surface area contributed by atoms with Gasteiger partial charge in [-0.2, -0.15) is 0 Å². The van der Waals surface area contributed by atoms with E-state index in [0.717, 1.165) is 6.54 Å². The monoisotopic (exact) mass is 283 g/mol. The number of hydrogen-bond acceptors (Lipinski definition) is 2. The van der Waals surface area contributed by atoms with E-state index in [1.54, 1.807) is 0 Å². The summed E-state index contributed by atoms with van der Waals surface area (Å²) in [6.45, 7) is 2.31. The van der Waals surface area contributed by atoms with Gasteiger partial charge in [0.2, 0.25) is 0 Å². The van der Waals surface area contributed by atoms with Gasteiger partial charge >= 0.3 is 0 Å². The highest BCUT2D eigenvalue weighted by atomic mass is 15.1. The first-order valence-corrected chi connectivity index (χ1v) is 8.60. The summed E-state index contributed by atoms with van der Waals surface area (Å²) in [6, 6.07) is 9.34. The van der Waals surface area contributed by atoms with Gasteiger partial charge in [-0.25, -0.2) is 4.98 Å². The second-order valence-corrected chi connectivity index (χ2v) is 6.67. The molecule has 2 aromatic rings. The minimum absolute atomic E-state index is 0.703. The van der Waals surface area contributed by atoms with Crippen molar-refractivity contribution in [1.82, 2.24) is 14.9 Å². The Morgan fingerprint density at radius 2 is 2.00 bits per heavy atom. The number of fused-ring (bicyclic) bond motifs is 1. The topological polar surface area (TPSA) is 29.9 Å². The van der Waals surface area contributed by atoms with E-state index in [-0.39, 0.29) is 0 Å². The average molecular weight is 283 g/mol. The predicted octanol–water partition coefficient (Wildman–Crippen LogP) is 3.84. The second kappa shape index (κ2) is 5.80. The predicted molar refractivity (Wildman–Crippen MR) is 86.6 cm³/mol. The van der Waals surface area contributed by atoms with Gasteiger partial charge < -0.3 is 9.88 Å². The van der Waals surface area contributed by atoms with E-state index in [1.807, 2.05) is 0 Å². The van der Waals surface area contributed by atoms with E-state index in [0.29, 0.717) is 12.0 Å². The Hall–Kier alpha value is -1.35. The zero-order valence-corrected chi connectivity index (χ0v) is 12.7. The number of nitrogens with one attached hydrogen (secondary N) is 1. The van der Waals surface area contributed by atoms with E-state index in [4.69, 9.17) is 4.98 Å². The van der Waals surface area contributed by atoms with Crippen molar-refractivity contribution in [2.75, 3.05) is 6.54 Å². The van der Waals surface area contributed by atoms with Crippen molar-refractivity contribution in [2.24, 2.45) is 0 Å². The molecule has 1 N–H and O–H groups in total. The molecular formula is C18H25N3. The van der Waals surface area contributed by atoms with Crippen molar-refractivity contribution in [3.05, 3.63) is 30.1 Å². The molecule has 0 amide bonds. The van der Waals surface area contributed by atoms with Gasteiger partial charge in [0, 0.05) is 18.5 Å². The molecule has 2 aliphatic rings. The molecule has 1 aliphatic carbocycles. The molecule has 1 aromatic carbocycles. The molecule has 3 heteroatoms. The van der Waals surface area contributed by atoms with Crippen LogP contribution in [0.5, 0.6) is 0 Å².